The number of benzene rings is 1. The van der Waals surface area contributed by atoms with Crippen LogP contribution in [0.15, 0.2) is 36.7 Å². The van der Waals surface area contributed by atoms with Crippen molar-refractivity contribution in [1.82, 2.24) is 15.1 Å². The zero-order chi connectivity index (χ0) is 15.2. The average molecular weight is 291 g/mol. The molecule has 21 heavy (non-hydrogen) atoms. The van der Waals surface area contributed by atoms with Crippen LogP contribution >= 0.6 is 0 Å². The predicted octanol–water partition coefficient (Wildman–Crippen LogP) is 2.40. The van der Waals surface area contributed by atoms with Crippen LogP contribution in [0.3, 0.4) is 0 Å². The van der Waals surface area contributed by atoms with Gasteiger partial charge >= 0.3 is 0 Å². The average Bonchev–Trinajstić information content (AvgIpc) is 2.89. The lowest BCUT2D eigenvalue weighted by atomic mass is 10.0. The van der Waals surface area contributed by atoms with E-state index in [-0.39, 0.29) is 18.0 Å². The highest BCUT2D eigenvalue weighted by Crippen LogP contribution is 2.22. The van der Waals surface area contributed by atoms with E-state index in [1.54, 1.807) is 16.9 Å². The molecule has 114 valence electrons. The standard InChI is InChI=1S/C16H22FN3O/c1-3-15(21)7-8-18-16(13-10-19-20(2)11-13)12-5-4-6-14(17)9-12/h4-6,9-11,15-16,18,21H,3,7-8H2,1-2H3. The summed E-state index contributed by atoms with van der Waals surface area (Å²) >= 11 is 0. The molecule has 2 unspecified atom stereocenters. The first-order valence-electron chi connectivity index (χ1n) is 7.25. The van der Waals surface area contributed by atoms with Gasteiger partial charge in [-0.3, -0.25) is 4.68 Å². The Labute approximate surface area is 124 Å². The molecule has 5 heteroatoms. The molecule has 0 spiro atoms. The summed E-state index contributed by atoms with van der Waals surface area (Å²) in [6, 6.07) is 6.44. The van der Waals surface area contributed by atoms with Gasteiger partial charge in [0.15, 0.2) is 0 Å². The molecule has 0 aliphatic rings. The Kier molecular flexibility index (Phi) is 5.47. The van der Waals surface area contributed by atoms with Crippen molar-refractivity contribution in [3.05, 3.63) is 53.6 Å². The summed E-state index contributed by atoms with van der Waals surface area (Å²) in [6.07, 6.45) is 4.79. The normalized spacial score (nSPS) is 14.1. The van der Waals surface area contributed by atoms with E-state index in [0.29, 0.717) is 13.0 Å². The number of hydrogen-bond acceptors (Lipinski definition) is 3. The fourth-order valence-corrected chi connectivity index (χ4v) is 2.30. The summed E-state index contributed by atoms with van der Waals surface area (Å²) in [7, 11) is 1.85. The SMILES string of the molecule is CCC(O)CCNC(c1cccc(F)c1)c1cnn(C)c1. The van der Waals surface area contributed by atoms with Gasteiger partial charge in [0.25, 0.3) is 0 Å². The van der Waals surface area contributed by atoms with Crippen LogP contribution in [0, 0.1) is 5.82 Å². The molecular formula is C16H22FN3O. The van der Waals surface area contributed by atoms with Crippen LogP contribution in [-0.2, 0) is 7.05 Å². The maximum absolute atomic E-state index is 13.5. The van der Waals surface area contributed by atoms with E-state index < -0.39 is 0 Å². The molecule has 1 aromatic carbocycles. The zero-order valence-electron chi connectivity index (χ0n) is 12.5. The number of hydrogen-bond donors (Lipinski definition) is 2. The minimum atomic E-state index is -0.306. The Hall–Kier alpha value is -1.72. The number of rotatable bonds is 7. The lowest BCUT2D eigenvalue weighted by Crippen LogP contribution is -2.26. The van der Waals surface area contributed by atoms with Crippen molar-refractivity contribution >= 4 is 0 Å². The van der Waals surface area contributed by atoms with Crippen LogP contribution in [0.4, 0.5) is 4.39 Å². The van der Waals surface area contributed by atoms with Crippen molar-refractivity contribution in [3.63, 3.8) is 0 Å². The third-order valence-corrected chi connectivity index (χ3v) is 3.54. The van der Waals surface area contributed by atoms with Crippen molar-refractivity contribution in [1.29, 1.82) is 0 Å². The second-order valence-corrected chi connectivity index (χ2v) is 5.24. The Bertz CT molecular complexity index is 570. The Morgan fingerprint density at radius 1 is 1.38 bits per heavy atom. The van der Waals surface area contributed by atoms with Gasteiger partial charge in [-0.25, -0.2) is 4.39 Å². The molecule has 4 nitrogen and oxygen atoms in total. The van der Waals surface area contributed by atoms with Gasteiger partial charge < -0.3 is 10.4 Å². The maximum atomic E-state index is 13.5. The molecule has 0 amide bonds. The summed E-state index contributed by atoms with van der Waals surface area (Å²) < 4.78 is 15.2. The number of nitrogens with zero attached hydrogens (tertiary/aromatic N) is 2. The lowest BCUT2D eigenvalue weighted by molar-refractivity contribution is 0.159. The molecule has 0 saturated heterocycles. The van der Waals surface area contributed by atoms with Gasteiger partial charge in [-0.15, -0.1) is 0 Å². The van der Waals surface area contributed by atoms with Crippen molar-refractivity contribution < 1.29 is 9.50 Å². The fourth-order valence-electron chi connectivity index (χ4n) is 2.30. The van der Waals surface area contributed by atoms with E-state index in [1.807, 2.05) is 26.2 Å². The minimum Gasteiger partial charge on any atom is -0.393 e. The molecule has 2 rings (SSSR count). The molecule has 1 aromatic heterocycles. The summed E-state index contributed by atoms with van der Waals surface area (Å²) in [4.78, 5) is 0. The van der Waals surface area contributed by atoms with Crippen LogP contribution in [0.5, 0.6) is 0 Å². The largest absolute Gasteiger partial charge is 0.393 e. The second-order valence-electron chi connectivity index (χ2n) is 5.24. The summed E-state index contributed by atoms with van der Waals surface area (Å²) in [5.74, 6) is -0.253. The molecule has 1 heterocycles. The van der Waals surface area contributed by atoms with Crippen LogP contribution in [0.2, 0.25) is 0 Å². The second kappa shape index (κ2) is 7.33. The van der Waals surface area contributed by atoms with Gasteiger partial charge in [-0.05, 0) is 37.1 Å². The number of aromatic nitrogens is 2. The number of nitrogens with one attached hydrogen (secondary N) is 1. The number of aryl methyl sites for hydroxylation is 1. The molecule has 2 aromatic rings. The van der Waals surface area contributed by atoms with Gasteiger partial charge in [0.05, 0.1) is 18.3 Å². The molecule has 0 bridgehead atoms. The first kappa shape index (κ1) is 15.7. The van der Waals surface area contributed by atoms with Crippen LogP contribution < -0.4 is 5.32 Å². The Morgan fingerprint density at radius 3 is 2.81 bits per heavy atom. The number of halogens is 1. The topological polar surface area (TPSA) is 50.1 Å². The molecule has 0 fully saturated rings. The van der Waals surface area contributed by atoms with Crippen molar-refractivity contribution in [2.24, 2.45) is 7.05 Å². The Balaban J connectivity index is 2.15. The monoisotopic (exact) mass is 291 g/mol. The maximum Gasteiger partial charge on any atom is 0.123 e. The van der Waals surface area contributed by atoms with E-state index in [2.05, 4.69) is 10.4 Å². The molecule has 0 aliphatic heterocycles. The highest BCUT2D eigenvalue weighted by molar-refractivity contribution is 5.29. The summed E-state index contributed by atoms with van der Waals surface area (Å²) in [5, 5.41) is 17.2. The molecule has 0 saturated carbocycles. The van der Waals surface area contributed by atoms with E-state index in [9.17, 15) is 9.50 Å². The molecule has 2 atom stereocenters. The van der Waals surface area contributed by atoms with Crippen LogP contribution in [-0.4, -0.2) is 27.5 Å². The van der Waals surface area contributed by atoms with Crippen LogP contribution in [0.1, 0.15) is 36.9 Å². The molecule has 0 aliphatic carbocycles. The van der Waals surface area contributed by atoms with E-state index >= 15 is 0 Å². The third kappa shape index (κ3) is 4.37. The molecule has 0 radical (unpaired) electrons. The first-order chi connectivity index (χ1) is 10.1. The Morgan fingerprint density at radius 2 is 2.19 bits per heavy atom. The smallest absolute Gasteiger partial charge is 0.123 e. The van der Waals surface area contributed by atoms with Gasteiger partial charge in [-0.1, -0.05) is 19.1 Å². The van der Waals surface area contributed by atoms with Crippen molar-refractivity contribution in [2.45, 2.75) is 31.9 Å². The van der Waals surface area contributed by atoms with Gasteiger partial charge in [0.2, 0.25) is 0 Å². The highest BCUT2D eigenvalue weighted by Gasteiger charge is 2.16. The zero-order valence-corrected chi connectivity index (χ0v) is 12.5. The summed E-state index contributed by atoms with van der Waals surface area (Å²) in [5.41, 5.74) is 1.84. The number of aliphatic hydroxyl groups is 1. The van der Waals surface area contributed by atoms with E-state index in [1.165, 1.54) is 12.1 Å². The lowest BCUT2D eigenvalue weighted by Gasteiger charge is -2.19. The first-order valence-corrected chi connectivity index (χ1v) is 7.25. The molecular weight excluding hydrogens is 269 g/mol. The van der Waals surface area contributed by atoms with Gasteiger partial charge in [0.1, 0.15) is 5.82 Å². The third-order valence-electron chi connectivity index (χ3n) is 3.54. The van der Waals surface area contributed by atoms with Gasteiger partial charge in [0, 0.05) is 18.8 Å². The highest BCUT2D eigenvalue weighted by atomic mass is 19.1. The van der Waals surface area contributed by atoms with E-state index in [4.69, 9.17) is 0 Å². The van der Waals surface area contributed by atoms with Gasteiger partial charge in [-0.2, -0.15) is 5.10 Å². The molecule has 2 N–H and O–H groups in total. The number of aliphatic hydroxyl groups excluding tert-OH is 1. The fraction of sp³-hybridized carbons (Fsp3) is 0.438. The van der Waals surface area contributed by atoms with E-state index in [0.717, 1.165) is 17.5 Å². The quantitative estimate of drug-likeness (QED) is 0.823. The van der Waals surface area contributed by atoms with Crippen LogP contribution in [0.25, 0.3) is 0 Å². The summed E-state index contributed by atoms with van der Waals surface area (Å²) in [6.45, 7) is 2.61. The van der Waals surface area contributed by atoms with Crippen molar-refractivity contribution in [3.8, 4) is 0 Å². The van der Waals surface area contributed by atoms with Crippen molar-refractivity contribution in [2.75, 3.05) is 6.54 Å². The predicted molar refractivity (Wildman–Crippen MR) is 80.4 cm³/mol. The minimum absolute atomic E-state index is 0.126.